The molecule has 1 fully saturated rings. The van der Waals surface area contributed by atoms with Crippen molar-refractivity contribution in [2.24, 2.45) is 0 Å². The summed E-state index contributed by atoms with van der Waals surface area (Å²) in [6, 6.07) is 3.95. The third kappa shape index (κ3) is 5.06. The Kier molecular flexibility index (Phi) is 5.14. The highest BCUT2D eigenvalue weighted by Crippen LogP contribution is 2.18. The summed E-state index contributed by atoms with van der Waals surface area (Å²) in [6.07, 6.45) is 5.08. The Balaban J connectivity index is 1.68. The number of aromatic nitrogens is 1. The van der Waals surface area contributed by atoms with Crippen LogP contribution in [0.15, 0.2) is 18.3 Å². The molecule has 2 rings (SSSR count). The topological polar surface area (TPSA) is 74.3 Å². The molecule has 6 heteroatoms. The summed E-state index contributed by atoms with van der Waals surface area (Å²) in [5.74, 6) is 0.776. The minimum atomic E-state index is -0.0641. The molecule has 1 aromatic heterocycles. The summed E-state index contributed by atoms with van der Waals surface area (Å²) >= 11 is 0. The van der Waals surface area contributed by atoms with E-state index in [1.165, 1.54) is 4.90 Å². The van der Waals surface area contributed by atoms with Gasteiger partial charge in [-0.3, -0.25) is 9.59 Å². The molecule has 1 aromatic rings. The van der Waals surface area contributed by atoms with E-state index in [9.17, 15) is 9.59 Å². The number of nitrogens with zero attached hydrogens (tertiary/aromatic N) is 2. The molecule has 1 aliphatic carbocycles. The molecule has 114 valence electrons. The highest BCUT2D eigenvalue weighted by Gasteiger charge is 2.22. The molecular weight excluding hydrogens is 268 g/mol. The van der Waals surface area contributed by atoms with Crippen LogP contribution in [0.2, 0.25) is 0 Å². The average Bonchev–Trinajstić information content (AvgIpc) is 3.27. The third-order valence-corrected chi connectivity index (χ3v) is 3.25. The maximum Gasteiger partial charge on any atom is 0.254 e. The summed E-state index contributed by atoms with van der Waals surface area (Å²) < 4.78 is 0. The summed E-state index contributed by atoms with van der Waals surface area (Å²) in [5, 5.41) is 6.11. The van der Waals surface area contributed by atoms with E-state index >= 15 is 0 Å². The molecule has 0 saturated heterocycles. The first-order valence-electron chi connectivity index (χ1n) is 7.27. The van der Waals surface area contributed by atoms with Gasteiger partial charge in [-0.15, -0.1) is 0 Å². The van der Waals surface area contributed by atoms with Crippen LogP contribution in [0.4, 0.5) is 5.82 Å². The van der Waals surface area contributed by atoms with Crippen LogP contribution in [0, 0.1) is 0 Å². The quantitative estimate of drug-likeness (QED) is 0.741. The molecule has 1 aliphatic rings. The Morgan fingerprint density at radius 3 is 2.67 bits per heavy atom. The van der Waals surface area contributed by atoms with Crippen LogP contribution in [0.25, 0.3) is 0 Å². The molecule has 1 heterocycles. The van der Waals surface area contributed by atoms with E-state index in [0.29, 0.717) is 30.4 Å². The van der Waals surface area contributed by atoms with Crippen molar-refractivity contribution in [2.45, 2.75) is 31.7 Å². The Morgan fingerprint density at radius 2 is 2.10 bits per heavy atom. The normalized spacial score (nSPS) is 13.6. The van der Waals surface area contributed by atoms with E-state index < -0.39 is 0 Å². The largest absolute Gasteiger partial charge is 0.370 e. The molecule has 2 N–H and O–H groups in total. The number of anilines is 1. The summed E-state index contributed by atoms with van der Waals surface area (Å²) in [6.45, 7) is 0.687. The fourth-order valence-electron chi connectivity index (χ4n) is 1.88. The zero-order valence-electron chi connectivity index (χ0n) is 12.6. The van der Waals surface area contributed by atoms with Crippen LogP contribution in [0.5, 0.6) is 0 Å². The number of nitrogens with one attached hydrogen (secondary N) is 2. The van der Waals surface area contributed by atoms with Gasteiger partial charge in [0.1, 0.15) is 5.82 Å². The third-order valence-electron chi connectivity index (χ3n) is 3.25. The number of carbonyl (C=O) groups excluding carboxylic acids is 2. The van der Waals surface area contributed by atoms with Crippen LogP contribution in [-0.4, -0.2) is 48.4 Å². The van der Waals surface area contributed by atoms with Gasteiger partial charge in [-0.05, 0) is 31.4 Å². The molecule has 0 spiro atoms. The highest BCUT2D eigenvalue weighted by molar-refractivity contribution is 5.93. The number of rotatable bonds is 7. The van der Waals surface area contributed by atoms with Crippen molar-refractivity contribution in [3.63, 3.8) is 0 Å². The Hall–Kier alpha value is -2.11. The van der Waals surface area contributed by atoms with Crippen LogP contribution >= 0.6 is 0 Å². The van der Waals surface area contributed by atoms with Crippen molar-refractivity contribution >= 4 is 17.6 Å². The van der Waals surface area contributed by atoms with Crippen LogP contribution in [0.1, 0.15) is 36.0 Å². The van der Waals surface area contributed by atoms with Gasteiger partial charge < -0.3 is 15.5 Å². The van der Waals surface area contributed by atoms with Crippen molar-refractivity contribution < 1.29 is 9.59 Å². The Morgan fingerprint density at radius 1 is 1.33 bits per heavy atom. The van der Waals surface area contributed by atoms with E-state index in [-0.39, 0.29) is 11.8 Å². The van der Waals surface area contributed by atoms with Gasteiger partial charge in [0.15, 0.2) is 0 Å². The Labute approximate surface area is 124 Å². The maximum absolute atomic E-state index is 11.7. The lowest BCUT2D eigenvalue weighted by Gasteiger charge is -2.10. The standard InChI is InChI=1S/C15H22N4O2/c1-19(2)15(21)11-5-8-13(17-10-11)16-9-3-4-14(20)18-12-6-7-12/h5,8,10,12H,3-4,6-7,9H2,1-2H3,(H,16,17)(H,18,20). The first kappa shape index (κ1) is 15.3. The number of hydrogen-bond acceptors (Lipinski definition) is 4. The average molecular weight is 290 g/mol. The minimum absolute atomic E-state index is 0.0641. The molecule has 0 atom stereocenters. The van der Waals surface area contributed by atoms with E-state index in [1.54, 1.807) is 32.4 Å². The van der Waals surface area contributed by atoms with Gasteiger partial charge in [0, 0.05) is 39.3 Å². The lowest BCUT2D eigenvalue weighted by molar-refractivity contribution is -0.121. The van der Waals surface area contributed by atoms with Gasteiger partial charge in [-0.25, -0.2) is 4.98 Å². The zero-order chi connectivity index (χ0) is 15.2. The molecule has 21 heavy (non-hydrogen) atoms. The van der Waals surface area contributed by atoms with Crippen molar-refractivity contribution in [3.8, 4) is 0 Å². The lowest BCUT2D eigenvalue weighted by Crippen LogP contribution is -2.25. The molecule has 2 amide bonds. The number of hydrogen-bond donors (Lipinski definition) is 2. The number of pyridine rings is 1. The van der Waals surface area contributed by atoms with E-state index in [1.807, 2.05) is 0 Å². The van der Waals surface area contributed by atoms with Gasteiger partial charge in [0.05, 0.1) is 5.56 Å². The molecule has 0 unspecified atom stereocenters. The predicted octanol–water partition coefficient (Wildman–Crippen LogP) is 1.25. The fraction of sp³-hybridized carbons (Fsp3) is 0.533. The Bertz CT molecular complexity index is 495. The molecule has 0 bridgehead atoms. The van der Waals surface area contributed by atoms with Gasteiger partial charge >= 0.3 is 0 Å². The SMILES string of the molecule is CN(C)C(=O)c1ccc(NCCCC(=O)NC2CC2)nc1. The van der Waals surface area contributed by atoms with Gasteiger partial charge in [0.2, 0.25) is 5.91 Å². The first-order chi connectivity index (χ1) is 10.1. The van der Waals surface area contributed by atoms with Gasteiger partial charge in [-0.2, -0.15) is 0 Å². The highest BCUT2D eigenvalue weighted by atomic mass is 16.2. The second-order valence-electron chi connectivity index (χ2n) is 5.50. The maximum atomic E-state index is 11.7. The van der Waals surface area contributed by atoms with E-state index in [0.717, 1.165) is 19.3 Å². The van der Waals surface area contributed by atoms with Gasteiger partial charge in [0.25, 0.3) is 5.91 Å². The minimum Gasteiger partial charge on any atom is -0.370 e. The van der Waals surface area contributed by atoms with E-state index in [2.05, 4.69) is 15.6 Å². The second-order valence-corrected chi connectivity index (χ2v) is 5.50. The number of carbonyl (C=O) groups is 2. The molecule has 6 nitrogen and oxygen atoms in total. The monoisotopic (exact) mass is 290 g/mol. The summed E-state index contributed by atoms with van der Waals surface area (Å²) in [7, 11) is 3.42. The van der Waals surface area contributed by atoms with Crippen molar-refractivity contribution in [1.29, 1.82) is 0 Å². The first-order valence-corrected chi connectivity index (χ1v) is 7.27. The lowest BCUT2D eigenvalue weighted by atomic mass is 10.2. The number of amides is 2. The second kappa shape index (κ2) is 7.06. The zero-order valence-corrected chi connectivity index (χ0v) is 12.6. The predicted molar refractivity (Wildman–Crippen MR) is 81.1 cm³/mol. The van der Waals surface area contributed by atoms with E-state index in [4.69, 9.17) is 0 Å². The van der Waals surface area contributed by atoms with Gasteiger partial charge in [-0.1, -0.05) is 0 Å². The molecule has 0 aliphatic heterocycles. The fourth-order valence-corrected chi connectivity index (χ4v) is 1.88. The molecule has 0 radical (unpaired) electrons. The van der Waals surface area contributed by atoms with Crippen LogP contribution in [0.3, 0.4) is 0 Å². The summed E-state index contributed by atoms with van der Waals surface area (Å²) in [4.78, 5) is 28.9. The van der Waals surface area contributed by atoms with Crippen LogP contribution < -0.4 is 10.6 Å². The summed E-state index contributed by atoms with van der Waals surface area (Å²) in [5.41, 5.74) is 0.564. The van der Waals surface area contributed by atoms with Crippen molar-refractivity contribution in [1.82, 2.24) is 15.2 Å². The molecular formula is C15H22N4O2. The van der Waals surface area contributed by atoms with Crippen molar-refractivity contribution in [3.05, 3.63) is 23.9 Å². The van der Waals surface area contributed by atoms with Crippen molar-refractivity contribution in [2.75, 3.05) is 26.0 Å². The van der Waals surface area contributed by atoms with Crippen LogP contribution in [-0.2, 0) is 4.79 Å². The smallest absolute Gasteiger partial charge is 0.254 e. The molecule has 1 saturated carbocycles. The molecule has 0 aromatic carbocycles.